The molecule has 1 unspecified atom stereocenters. The minimum absolute atomic E-state index is 0.0681. The second kappa shape index (κ2) is 9.36. The number of carbonyl (C=O) groups is 2. The standard InChI is InChI=1S/C23H29N3O4S/c1-17-20(31-16-24-17)21(27)26-12-14-30-23(15-26)10-6-5-8-18-7-3-4-9-19(18)29-13-11-25(2)22(23)28/h3-4,7,9,16H,5-6,8,10-15H2,1-2H3. The monoisotopic (exact) mass is 443 g/mol. The van der Waals surface area contributed by atoms with Crippen LogP contribution < -0.4 is 4.74 Å². The summed E-state index contributed by atoms with van der Waals surface area (Å²) in [6.45, 7) is 3.81. The van der Waals surface area contributed by atoms with Gasteiger partial charge in [-0.2, -0.15) is 0 Å². The van der Waals surface area contributed by atoms with E-state index in [0.29, 0.717) is 37.6 Å². The fraction of sp³-hybridized carbons (Fsp3) is 0.522. The minimum Gasteiger partial charge on any atom is -0.491 e. The van der Waals surface area contributed by atoms with Gasteiger partial charge in [0.15, 0.2) is 5.60 Å². The lowest BCUT2D eigenvalue weighted by atomic mass is 9.91. The van der Waals surface area contributed by atoms with Crippen molar-refractivity contribution in [1.29, 1.82) is 0 Å². The van der Waals surface area contributed by atoms with Crippen molar-refractivity contribution < 1.29 is 19.1 Å². The van der Waals surface area contributed by atoms with E-state index < -0.39 is 5.60 Å². The van der Waals surface area contributed by atoms with Gasteiger partial charge in [-0.05, 0) is 44.2 Å². The summed E-state index contributed by atoms with van der Waals surface area (Å²) in [6.07, 6.45) is 3.23. The Bertz CT molecular complexity index is 946. The number of fused-ring (bicyclic) bond motifs is 1. The van der Waals surface area contributed by atoms with Crippen molar-refractivity contribution in [1.82, 2.24) is 14.8 Å². The van der Waals surface area contributed by atoms with Gasteiger partial charge < -0.3 is 19.3 Å². The van der Waals surface area contributed by atoms with Gasteiger partial charge >= 0.3 is 0 Å². The van der Waals surface area contributed by atoms with E-state index in [1.54, 1.807) is 22.4 Å². The number of carbonyl (C=O) groups excluding carboxylic acids is 2. The first-order valence-electron chi connectivity index (χ1n) is 10.8. The molecule has 0 N–H and O–H groups in total. The van der Waals surface area contributed by atoms with E-state index in [1.165, 1.54) is 16.9 Å². The Hall–Kier alpha value is -2.45. The fourth-order valence-corrected chi connectivity index (χ4v) is 5.08. The number of morpholine rings is 1. The number of thiazole rings is 1. The molecule has 4 rings (SSSR count). The summed E-state index contributed by atoms with van der Waals surface area (Å²) in [5.74, 6) is 0.745. The van der Waals surface area contributed by atoms with Crippen molar-refractivity contribution in [3.05, 3.63) is 45.9 Å². The molecule has 2 amide bonds. The van der Waals surface area contributed by atoms with Crippen LogP contribution in [0.1, 0.15) is 40.2 Å². The molecule has 0 bridgehead atoms. The zero-order valence-corrected chi connectivity index (χ0v) is 19.0. The molecule has 1 atom stereocenters. The maximum absolute atomic E-state index is 13.5. The SMILES string of the molecule is Cc1ncsc1C(=O)N1CCOC2(CCCCc3ccccc3OCCN(C)C2=O)C1. The third-order valence-electron chi connectivity index (χ3n) is 6.08. The number of nitrogens with zero attached hydrogens (tertiary/aromatic N) is 3. The molecule has 166 valence electrons. The highest BCUT2D eigenvalue weighted by atomic mass is 32.1. The Balaban J connectivity index is 1.54. The Morgan fingerprint density at radius 2 is 2.03 bits per heavy atom. The van der Waals surface area contributed by atoms with Crippen LogP contribution in [0.5, 0.6) is 5.75 Å². The lowest BCUT2D eigenvalue weighted by molar-refractivity contribution is -0.169. The summed E-state index contributed by atoms with van der Waals surface area (Å²) in [7, 11) is 1.78. The number of benzene rings is 1. The number of aryl methyl sites for hydroxylation is 2. The molecule has 1 aromatic carbocycles. The first kappa shape index (κ1) is 21.8. The number of aromatic nitrogens is 1. The van der Waals surface area contributed by atoms with Crippen molar-refractivity contribution in [2.75, 3.05) is 39.9 Å². The van der Waals surface area contributed by atoms with Gasteiger partial charge in [0.2, 0.25) is 0 Å². The molecule has 0 saturated carbocycles. The van der Waals surface area contributed by atoms with Gasteiger partial charge in [-0.25, -0.2) is 4.98 Å². The average molecular weight is 444 g/mol. The smallest absolute Gasteiger partial charge is 0.266 e. The highest BCUT2D eigenvalue weighted by Crippen LogP contribution is 2.30. The molecule has 0 radical (unpaired) electrons. The topological polar surface area (TPSA) is 72.0 Å². The quantitative estimate of drug-likeness (QED) is 0.678. The van der Waals surface area contributed by atoms with Crippen LogP contribution in [0.15, 0.2) is 29.8 Å². The molecule has 8 heteroatoms. The number of amides is 2. The summed E-state index contributed by atoms with van der Waals surface area (Å²) < 4.78 is 12.1. The molecule has 3 heterocycles. The van der Waals surface area contributed by atoms with E-state index in [1.807, 2.05) is 25.1 Å². The lowest BCUT2D eigenvalue weighted by Gasteiger charge is -2.43. The Labute approximate surface area is 187 Å². The molecule has 1 saturated heterocycles. The van der Waals surface area contributed by atoms with E-state index in [9.17, 15) is 9.59 Å². The molecule has 2 aliphatic rings. The molecule has 0 aliphatic carbocycles. The summed E-state index contributed by atoms with van der Waals surface area (Å²) >= 11 is 1.34. The van der Waals surface area contributed by atoms with Gasteiger partial charge in [0, 0.05) is 13.6 Å². The maximum atomic E-state index is 13.5. The van der Waals surface area contributed by atoms with Gasteiger partial charge in [-0.3, -0.25) is 9.59 Å². The van der Waals surface area contributed by atoms with Crippen molar-refractivity contribution in [3.63, 3.8) is 0 Å². The van der Waals surface area contributed by atoms with Crippen LogP contribution >= 0.6 is 11.3 Å². The van der Waals surface area contributed by atoms with Crippen LogP contribution in [-0.2, 0) is 16.0 Å². The Morgan fingerprint density at radius 3 is 2.84 bits per heavy atom. The molecular formula is C23H29N3O4S. The van der Waals surface area contributed by atoms with Crippen LogP contribution in [0.2, 0.25) is 0 Å². The van der Waals surface area contributed by atoms with Crippen LogP contribution in [0.25, 0.3) is 0 Å². The summed E-state index contributed by atoms with van der Waals surface area (Å²) in [6, 6.07) is 8.08. The third-order valence-corrected chi connectivity index (χ3v) is 7.00. The van der Waals surface area contributed by atoms with Crippen LogP contribution in [0.4, 0.5) is 0 Å². The van der Waals surface area contributed by atoms with Crippen molar-refractivity contribution >= 4 is 23.2 Å². The minimum atomic E-state index is -1.01. The molecule has 1 spiro atoms. The van der Waals surface area contributed by atoms with Crippen LogP contribution in [0, 0.1) is 6.92 Å². The van der Waals surface area contributed by atoms with E-state index in [0.717, 1.165) is 30.7 Å². The van der Waals surface area contributed by atoms with Crippen LogP contribution in [0.3, 0.4) is 0 Å². The highest BCUT2D eigenvalue weighted by molar-refractivity contribution is 7.11. The molecule has 31 heavy (non-hydrogen) atoms. The Kier molecular flexibility index (Phi) is 6.57. The normalized spacial score (nSPS) is 23.0. The van der Waals surface area contributed by atoms with Crippen molar-refractivity contribution in [2.24, 2.45) is 0 Å². The van der Waals surface area contributed by atoms with E-state index >= 15 is 0 Å². The third kappa shape index (κ3) is 4.60. The predicted molar refractivity (Wildman–Crippen MR) is 119 cm³/mol. The molecule has 1 fully saturated rings. The lowest BCUT2D eigenvalue weighted by Crippen LogP contribution is -2.61. The largest absolute Gasteiger partial charge is 0.491 e. The molecular weight excluding hydrogens is 414 g/mol. The number of likely N-dealkylation sites (N-methyl/N-ethyl adjacent to an activating group) is 1. The van der Waals surface area contributed by atoms with Crippen molar-refractivity contribution in [2.45, 2.75) is 38.2 Å². The zero-order valence-electron chi connectivity index (χ0n) is 18.1. The second-order valence-electron chi connectivity index (χ2n) is 8.23. The molecule has 7 nitrogen and oxygen atoms in total. The van der Waals surface area contributed by atoms with Crippen molar-refractivity contribution in [3.8, 4) is 5.75 Å². The van der Waals surface area contributed by atoms with Gasteiger partial charge in [0.25, 0.3) is 11.8 Å². The predicted octanol–water partition coefficient (Wildman–Crippen LogP) is 2.93. The van der Waals surface area contributed by atoms with E-state index in [2.05, 4.69) is 11.1 Å². The maximum Gasteiger partial charge on any atom is 0.266 e. The number of hydrogen-bond acceptors (Lipinski definition) is 6. The van der Waals surface area contributed by atoms with E-state index in [4.69, 9.17) is 9.47 Å². The number of ether oxygens (including phenoxy) is 2. The number of hydrogen-bond donors (Lipinski definition) is 0. The van der Waals surface area contributed by atoms with Gasteiger partial charge in [0.05, 0.1) is 30.9 Å². The molecule has 2 aliphatic heterocycles. The molecule has 1 aromatic heterocycles. The summed E-state index contributed by atoms with van der Waals surface area (Å²) in [4.78, 5) is 34.9. The highest BCUT2D eigenvalue weighted by Gasteiger charge is 2.46. The summed E-state index contributed by atoms with van der Waals surface area (Å²) in [5.41, 5.74) is 2.59. The first-order chi connectivity index (χ1) is 15.0. The van der Waals surface area contributed by atoms with Gasteiger partial charge in [0.1, 0.15) is 17.2 Å². The Morgan fingerprint density at radius 1 is 1.19 bits per heavy atom. The van der Waals surface area contributed by atoms with Gasteiger partial charge in [-0.15, -0.1) is 11.3 Å². The zero-order chi connectivity index (χ0) is 21.8. The van der Waals surface area contributed by atoms with Crippen LogP contribution in [-0.4, -0.2) is 72.1 Å². The number of para-hydroxylation sites is 1. The first-order valence-corrected chi connectivity index (χ1v) is 11.7. The number of rotatable bonds is 1. The van der Waals surface area contributed by atoms with Gasteiger partial charge in [-0.1, -0.05) is 18.2 Å². The van der Waals surface area contributed by atoms with E-state index in [-0.39, 0.29) is 18.4 Å². The average Bonchev–Trinajstić information content (AvgIpc) is 3.21. The fourth-order valence-electron chi connectivity index (χ4n) is 4.31. The summed E-state index contributed by atoms with van der Waals surface area (Å²) in [5, 5.41) is 0. The second-order valence-corrected chi connectivity index (χ2v) is 9.08. The molecule has 2 aromatic rings.